The highest BCUT2D eigenvalue weighted by molar-refractivity contribution is 5.18. The molecular formula is C15H19F2N. The molecule has 2 fully saturated rings. The lowest BCUT2D eigenvalue weighted by molar-refractivity contribution is 0.355. The molecule has 98 valence electrons. The Morgan fingerprint density at radius 2 is 1.89 bits per heavy atom. The summed E-state index contributed by atoms with van der Waals surface area (Å²) in [5, 5.41) is 3.56. The highest BCUT2D eigenvalue weighted by Gasteiger charge is 2.44. The van der Waals surface area contributed by atoms with Crippen molar-refractivity contribution in [1.29, 1.82) is 0 Å². The topological polar surface area (TPSA) is 12.0 Å². The number of rotatable bonds is 4. The summed E-state index contributed by atoms with van der Waals surface area (Å²) < 4.78 is 26.0. The van der Waals surface area contributed by atoms with Crippen LogP contribution in [0.2, 0.25) is 0 Å². The second kappa shape index (κ2) is 4.96. The highest BCUT2D eigenvalue weighted by Crippen LogP contribution is 2.49. The molecule has 0 aliphatic heterocycles. The van der Waals surface area contributed by atoms with E-state index in [9.17, 15) is 8.78 Å². The predicted octanol–water partition coefficient (Wildman–Crippen LogP) is 3.29. The average molecular weight is 251 g/mol. The van der Waals surface area contributed by atoms with E-state index in [-0.39, 0.29) is 0 Å². The van der Waals surface area contributed by atoms with E-state index in [0.717, 1.165) is 30.0 Å². The average Bonchev–Trinajstić information content (AvgIpc) is 3.07. The van der Waals surface area contributed by atoms with E-state index >= 15 is 0 Å². The summed E-state index contributed by atoms with van der Waals surface area (Å²) in [7, 11) is 0. The van der Waals surface area contributed by atoms with Crippen LogP contribution in [0.4, 0.5) is 8.78 Å². The van der Waals surface area contributed by atoms with Gasteiger partial charge in [0, 0.05) is 12.1 Å². The van der Waals surface area contributed by atoms with Crippen molar-refractivity contribution in [3.8, 4) is 0 Å². The molecule has 0 radical (unpaired) electrons. The Kier molecular flexibility index (Phi) is 3.33. The van der Waals surface area contributed by atoms with Crippen molar-refractivity contribution in [3.63, 3.8) is 0 Å². The molecule has 0 spiro atoms. The molecule has 2 saturated carbocycles. The Morgan fingerprint density at radius 1 is 1.11 bits per heavy atom. The summed E-state index contributed by atoms with van der Waals surface area (Å²) >= 11 is 0. The molecule has 2 aliphatic carbocycles. The third-order valence-corrected chi connectivity index (χ3v) is 4.33. The number of fused-ring (bicyclic) bond motifs is 1. The van der Waals surface area contributed by atoms with Gasteiger partial charge in [0.2, 0.25) is 0 Å². The first-order chi connectivity index (χ1) is 8.72. The Bertz CT molecular complexity index is 412. The molecule has 1 unspecified atom stereocenters. The Balaban J connectivity index is 1.49. The first-order valence-corrected chi connectivity index (χ1v) is 6.91. The van der Waals surface area contributed by atoms with E-state index < -0.39 is 11.6 Å². The number of hydrogen-bond acceptors (Lipinski definition) is 1. The fourth-order valence-corrected chi connectivity index (χ4v) is 3.32. The lowest BCUT2D eigenvalue weighted by Gasteiger charge is -2.22. The Hall–Kier alpha value is -0.960. The Morgan fingerprint density at radius 3 is 2.67 bits per heavy atom. The van der Waals surface area contributed by atoms with Crippen LogP contribution in [0.25, 0.3) is 0 Å². The quantitative estimate of drug-likeness (QED) is 0.866. The molecule has 0 amide bonds. The molecule has 0 bridgehead atoms. The van der Waals surface area contributed by atoms with Gasteiger partial charge in [-0.15, -0.1) is 0 Å². The van der Waals surface area contributed by atoms with E-state index in [4.69, 9.17) is 0 Å². The van der Waals surface area contributed by atoms with Gasteiger partial charge in [-0.3, -0.25) is 0 Å². The number of benzene rings is 1. The van der Waals surface area contributed by atoms with Crippen molar-refractivity contribution < 1.29 is 8.78 Å². The van der Waals surface area contributed by atoms with E-state index in [1.165, 1.54) is 37.8 Å². The minimum Gasteiger partial charge on any atom is -0.313 e. The van der Waals surface area contributed by atoms with Crippen LogP contribution in [0.15, 0.2) is 18.2 Å². The van der Waals surface area contributed by atoms with E-state index in [1.807, 2.05) is 0 Å². The maximum absolute atomic E-state index is 13.0. The lowest BCUT2D eigenvalue weighted by atomic mass is 9.95. The summed E-state index contributed by atoms with van der Waals surface area (Å²) in [5.41, 5.74) is 0.739. The van der Waals surface area contributed by atoms with E-state index in [1.54, 1.807) is 0 Å². The summed E-state index contributed by atoms with van der Waals surface area (Å²) in [6.45, 7) is 0.816. The first kappa shape index (κ1) is 12.1. The fourth-order valence-electron chi connectivity index (χ4n) is 3.32. The molecule has 1 aromatic rings. The third-order valence-electron chi connectivity index (χ3n) is 4.33. The van der Waals surface area contributed by atoms with E-state index in [2.05, 4.69) is 5.32 Å². The largest absolute Gasteiger partial charge is 0.313 e. The number of halogens is 2. The minimum absolute atomic E-state index is 0.482. The lowest BCUT2D eigenvalue weighted by Crippen LogP contribution is -2.34. The first-order valence-electron chi connectivity index (χ1n) is 6.91. The van der Waals surface area contributed by atoms with Crippen molar-refractivity contribution in [2.24, 2.45) is 11.8 Å². The molecule has 2 aliphatic rings. The summed E-state index contributed by atoms with van der Waals surface area (Å²) in [6, 6.07) is 4.41. The molecule has 3 heteroatoms. The van der Waals surface area contributed by atoms with Gasteiger partial charge < -0.3 is 5.32 Å². The normalized spacial score (nSPS) is 30.0. The molecule has 3 atom stereocenters. The Labute approximate surface area is 107 Å². The van der Waals surface area contributed by atoms with Gasteiger partial charge in [0.05, 0.1) is 0 Å². The van der Waals surface area contributed by atoms with Gasteiger partial charge in [0.15, 0.2) is 0 Å². The van der Waals surface area contributed by atoms with Crippen molar-refractivity contribution in [2.45, 2.75) is 38.1 Å². The van der Waals surface area contributed by atoms with Crippen LogP contribution in [0.1, 0.15) is 31.2 Å². The van der Waals surface area contributed by atoms with E-state index in [0.29, 0.717) is 12.5 Å². The molecule has 18 heavy (non-hydrogen) atoms. The highest BCUT2D eigenvalue weighted by atomic mass is 19.1. The maximum Gasteiger partial charge on any atom is 0.126 e. The third kappa shape index (κ3) is 2.72. The monoisotopic (exact) mass is 251 g/mol. The second-order valence-corrected chi connectivity index (χ2v) is 5.68. The van der Waals surface area contributed by atoms with Crippen molar-refractivity contribution in [3.05, 3.63) is 35.4 Å². The summed E-state index contributed by atoms with van der Waals surface area (Å²) in [4.78, 5) is 0. The SMILES string of the molecule is Fc1cc(F)cc(CCNC2CCC[C@H]3C[C@@H]23)c1. The van der Waals surface area contributed by atoms with Crippen LogP contribution in [-0.2, 0) is 6.42 Å². The van der Waals surface area contributed by atoms with Crippen LogP contribution in [0, 0.1) is 23.5 Å². The number of hydrogen-bond donors (Lipinski definition) is 1. The molecule has 0 aromatic heterocycles. The van der Waals surface area contributed by atoms with Crippen molar-refractivity contribution in [1.82, 2.24) is 5.32 Å². The molecule has 1 aromatic carbocycles. The molecular weight excluding hydrogens is 232 g/mol. The molecule has 1 nitrogen and oxygen atoms in total. The molecule has 3 rings (SSSR count). The predicted molar refractivity (Wildman–Crippen MR) is 67.3 cm³/mol. The van der Waals surface area contributed by atoms with Crippen LogP contribution in [0.5, 0.6) is 0 Å². The molecule has 0 saturated heterocycles. The van der Waals surface area contributed by atoms with Crippen LogP contribution in [-0.4, -0.2) is 12.6 Å². The van der Waals surface area contributed by atoms with Gasteiger partial charge >= 0.3 is 0 Å². The van der Waals surface area contributed by atoms with Crippen molar-refractivity contribution in [2.75, 3.05) is 6.54 Å². The summed E-state index contributed by atoms with van der Waals surface area (Å²) in [6.07, 6.45) is 6.07. The maximum atomic E-state index is 13.0. The van der Waals surface area contributed by atoms with Crippen molar-refractivity contribution >= 4 is 0 Å². The zero-order valence-corrected chi connectivity index (χ0v) is 10.5. The summed E-state index contributed by atoms with van der Waals surface area (Å²) in [5.74, 6) is 0.876. The molecule has 1 N–H and O–H groups in total. The van der Waals surface area contributed by atoms with Crippen LogP contribution < -0.4 is 5.32 Å². The fraction of sp³-hybridized carbons (Fsp3) is 0.600. The van der Waals surface area contributed by atoms with Crippen LogP contribution >= 0.6 is 0 Å². The standard InChI is InChI=1S/C15H19F2N/c16-12-6-10(7-13(17)9-12)4-5-18-15-3-1-2-11-8-14(11)15/h6-7,9,11,14-15,18H,1-5,8H2/t11-,14+,15?/m0/s1. The van der Waals surface area contributed by atoms with Gasteiger partial charge in [-0.1, -0.05) is 12.8 Å². The second-order valence-electron chi connectivity index (χ2n) is 5.68. The van der Waals surface area contributed by atoms with Gasteiger partial charge in [-0.05, 0) is 55.3 Å². The zero-order chi connectivity index (χ0) is 12.5. The van der Waals surface area contributed by atoms with Gasteiger partial charge in [-0.2, -0.15) is 0 Å². The van der Waals surface area contributed by atoms with Crippen LogP contribution in [0.3, 0.4) is 0 Å². The molecule has 0 heterocycles. The number of nitrogens with one attached hydrogen (secondary N) is 1. The zero-order valence-electron chi connectivity index (χ0n) is 10.5. The van der Waals surface area contributed by atoms with Gasteiger partial charge in [-0.25, -0.2) is 8.78 Å². The van der Waals surface area contributed by atoms with Gasteiger partial charge in [0.25, 0.3) is 0 Å². The van der Waals surface area contributed by atoms with Gasteiger partial charge in [0.1, 0.15) is 11.6 Å². The smallest absolute Gasteiger partial charge is 0.126 e. The minimum atomic E-state index is -0.482.